The van der Waals surface area contributed by atoms with Gasteiger partial charge in [-0.25, -0.2) is 0 Å². The number of ether oxygens (including phenoxy) is 1. The maximum absolute atomic E-state index is 12.5. The fraction of sp³-hybridized carbons (Fsp3) is 0.0476. The summed E-state index contributed by atoms with van der Waals surface area (Å²) in [5.41, 5.74) is 8.21. The van der Waals surface area contributed by atoms with E-state index in [4.69, 9.17) is 14.9 Å². The first-order valence-electron chi connectivity index (χ1n) is 8.42. The van der Waals surface area contributed by atoms with E-state index in [1.165, 1.54) is 0 Å². The average Bonchev–Trinajstić information content (AvgIpc) is 3.14. The zero-order chi connectivity index (χ0) is 18.6. The highest BCUT2D eigenvalue weighted by Crippen LogP contribution is 2.30. The van der Waals surface area contributed by atoms with Crippen LogP contribution >= 0.6 is 0 Å². The molecule has 3 N–H and O–H groups in total. The molecule has 0 saturated heterocycles. The third kappa shape index (κ3) is 3.59. The molecule has 0 radical (unpaired) electrons. The summed E-state index contributed by atoms with van der Waals surface area (Å²) in [6.07, 6.45) is 1.71. The van der Waals surface area contributed by atoms with Gasteiger partial charge in [0, 0.05) is 11.6 Å². The molecule has 0 aliphatic heterocycles. The van der Waals surface area contributed by atoms with Crippen LogP contribution in [-0.2, 0) is 6.61 Å². The molecule has 6 nitrogen and oxygen atoms in total. The van der Waals surface area contributed by atoms with Gasteiger partial charge in [-0.05, 0) is 36.4 Å². The van der Waals surface area contributed by atoms with E-state index in [-0.39, 0.29) is 11.7 Å². The zero-order valence-electron chi connectivity index (χ0n) is 14.4. The molecule has 0 aliphatic rings. The molecule has 0 atom stereocenters. The minimum atomic E-state index is -0.375. The minimum Gasteiger partial charge on any atom is -0.483 e. The first kappa shape index (κ1) is 16.7. The van der Waals surface area contributed by atoms with Crippen molar-refractivity contribution in [3.63, 3.8) is 0 Å². The van der Waals surface area contributed by atoms with E-state index in [9.17, 15) is 4.79 Å². The van der Waals surface area contributed by atoms with Crippen LogP contribution in [0.25, 0.3) is 11.0 Å². The zero-order valence-corrected chi connectivity index (χ0v) is 14.4. The number of carbonyl (C=O) groups excluding carboxylic acids is 1. The van der Waals surface area contributed by atoms with E-state index in [2.05, 4.69) is 10.3 Å². The van der Waals surface area contributed by atoms with Crippen LogP contribution in [0.5, 0.6) is 5.75 Å². The monoisotopic (exact) mass is 359 g/mol. The number of hydrogen-bond acceptors (Lipinski definition) is 5. The second-order valence-electron chi connectivity index (χ2n) is 5.94. The summed E-state index contributed by atoms with van der Waals surface area (Å²) < 4.78 is 11.6. The summed E-state index contributed by atoms with van der Waals surface area (Å²) >= 11 is 0. The number of benzene rings is 2. The number of furan rings is 1. The largest absolute Gasteiger partial charge is 0.483 e. The van der Waals surface area contributed by atoms with Crippen LogP contribution in [0.15, 0.2) is 77.3 Å². The fourth-order valence-electron chi connectivity index (χ4n) is 2.69. The lowest BCUT2D eigenvalue weighted by molar-refractivity contribution is 0.0998. The van der Waals surface area contributed by atoms with E-state index in [0.29, 0.717) is 29.3 Å². The standard InChI is InChI=1S/C21H17N3O3/c22-16-8-1-2-9-17(16)24-21(25)19-12-14-6-5-10-18(20(14)27-19)26-13-15-7-3-4-11-23-15/h1-12H,13,22H2,(H,24,25). The Bertz CT molecular complexity index is 1090. The van der Waals surface area contributed by atoms with Crippen molar-refractivity contribution < 1.29 is 13.9 Å². The molecule has 0 saturated carbocycles. The van der Waals surface area contributed by atoms with Crippen molar-refractivity contribution in [3.05, 3.63) is 84.4 Å². The Labute approximate surface area is 155 Å². The number of carbonyl (C=O) groups is 1. The summed E-state index contributed by atoms with van der Waals surface area (Å²) in [6, 6.07) is 19.9. The van der Waals surface area contributed by atoms with Crippen molar-refractivity contribution in [1.82, 2.24) is 4.98 Å². The van der Waals surface area contributed by atoms with Gasteiger partial charge in [0.25, 0.3) is 5.91 Å². The molecule has 4 rings (SSSR count). The molecular formula is C21H17N3O3. The van der Waals surface area contributed by atoms with Crippen LogP contribution in [0.1, 0.15) is 16.2 Å². The van der Waals surface area contributed by atoms with Gasteiger partial charge < -0.3 is 20.2 Å². The summed E-state index contributed by atoms with van der Waals surface area (Å²) in [5, 5.41) is 3.53. The van der Waals surface area contributed by atoms with Gasteiger partial charge in [0.1, 0.15) is 6.61 Å². The Hall–Kier alpha value is -3.80. The van der Waals surface area contributed by atoms with Gasteiger partial charge in [-0.3, -0.25) is 9.78 Å². The molecule has 1 amide bonds. The van der Waals surface area contributed by atoms with Crippen LogP contribution < -0.4 is 15.8 Å². The van der Waals surface area contributed by atoms with Crippen molar-refractivity contribution in [2.75, 3.05) is 11.1 Å². The summed E-state index contributed by atoms with van der Waals surface area (Å²) in [4.78, 5) is 16.7. The van der Waals surface area contributed by atoms with Gasteiger partial charge in [-0.2, -0.15) is 0 Å². The molecule has 2 heterocycles. The second-order valence-corrected chi connectivity index (χ2v) is 5.94. The molecule has 0 unspecified atom stereocenters. The number of fused-ring (bicyclic) bond motifs is 1. The molecule has 0 aliphatic carbocycles. The van der Waals surface area contributed by atoms with Crippen LogP contribution in [0.2, 0.25) is 0 Å². The van der Waals surface area contributed by atoms with Crippen molar-refractivity contribution in [3.8, 4) is 5.75 Å². The molecular weight excluding hydrogens is 342 g/mol. The molecule has 0 bridgehead atoms. The Morgan fingerprint density at radius 2 is 1.93 bits per heavy atom. The lowest BCUT2D eigenvalue weighted by atomic mass is 10.2. The average molecular weight is 359 g/mol. The third-order valence-electron chi connectivity index (χ3n) is 4.04. The molecule has 134 valence electrons. The predicted octanol–water partition coefficient (Wildman–Crippen LogP) is 4.24. The number of aromatic nitrogens is 1. The molecule has 2 aromatic heterocycles. The Morgan fingerprint density at radius 3 is 2.74 bits per heavy atom. The van der Waals surface area contributed by atoms with Crippen LogP contribution in [0.3, 0.4) is 0 Å². The normalized spacial score (nSPS) is 10.7. The maximum Gasteiger partial charge on any atom is 0.291 e. The number of para-hydroxylation sites is 3. The number of nitrogens with one attached hydrogen (secondary N) is 1. The molecule has 0 fully saturated rings. The quantitative estimate of drug-likeness (QED) is 0.520. The summed E-state index contributed by atoms with van der Waals surface area (Å²) in [5.74, 6) is 0.360. The SMILES string of the molecule is Nc1ccccc1NC(=O)c1cc2cccc(OCc3ccccn3)c2o1. The number of hydrogen-bond donors (Lipinski definition) is 2. The highest BCUT2D eigenvalue weighted by Gasteiger charge is 2.16. The number of nitrogens with two attached hydrogens (primary N) is 1. The minimum absolute atomic E-state index is 0.183. The van der Waals surface area contributed by atoms with E-state index in [0.717, 1.165) is 11.1 Å². The highest BCUT2D eigenvalue weighted by molar-refractivity contribution is 6.06. The van der Waals surface area contributed by atoms with E-state index < -0.39 is 0 Å². The number of nitrogen functional groups attached to an aromatic ring is 1. The fourth-order valence-corrected chi connectivity index (χ4v) is 2.69. The second kappa shape index (κ2) is 7.21. The van der Waals surface area contributed by atoms with E-state index in [1.54, 1.807) is 42.6 Å². The number of pyridine rings is 1. The first-order valence-corrected chi connectivity index (χ1v) is 8.42. The third-order valence-corrected chi connectivity index (χ3v) is 4.04. The van der Waals surface area contributed by atoms with Crippen molar-refractivity contribution >= 4 is 28.3 Å². The van der Waals surface area contributed by atoms with Crippen LogP contribution in [-0.4, -0.2) is 10.9 Å². The topological polar surface area (TPSA) is 90.4 Å². The molecule has 0 spiro atoms. The molecule has 4 aromatic rings. The molecule has 6 heteroatoms. The van der Waals surface area contributed by atoms with Gasteiger partial charge in [0.2, 0.25) is 0 Å². The lowest BCUT2D eigenvalue weighted by Gasteiger charge is -2.06. The maximum atomic E-state index is 12.5. The number of amides is 1. The Morgan fingerprint density at radius 1 is 1.07 bits per heavy atom. The van der Waals surface area contributed by atoms with E-state index >= 15 is 0 Å². The number of rotatable bonds is 5. The predicted molar refractivity (Wildman–Crippen MR) is 104 cm³/mol. The van der Waals surface area contributed by atoms with Crippen molar-refractivity contribution in [2.24, 2.45) is 0 Å². The Kier molecular flexibility index (Phi) is 4.45. The molecule has 27 heavy (non-hydrogen) atoms. The summed E-state index contributed by atoms with van der Waals surface area (Å²) in [6.45, 7) is 0.308. The van der Waals surface area contributed by atoms with Gasteiger partial charge in [-0.1, -0.05) is 30.3 Å². The van der Waals surface area contributed by atoms with Crippen molar-refractivity contribution in [2.45, 2.75) is 6.61 Å². The number of nitrogens with zero attached hydrogens (tertiary/aromatic N) is 1. The first-order chi connectivity index (χ1) is 13.2. The summed E-state index contributed by atoms with van der Waals surface area (Å²) in [7, 11) is 0. The van der Waals surface area contributed by atoms with Crippen LogP contribution in [0.4, 0.5) is 11.4 Å². The Balaban J connectivity index is 1.57. The lowest BCUT2D eigenvalue weighted by Crippen LogP contribution is -2.12. The van der Waals surface area contributed by atoms with Gasteiger partial charge in [0.15, 0.2) is 17.1 Å². The highest BCUT2D eigenvalue weighted by atomic mass is 16.5. The number of anilines is 2. The molecule has 2 aromatic carbocycles. The van der Waals surface area contributed by atoms with E-state index in [1.807, 2.05) is 30.3 Å². The van der Waals surface area contributed by atoms with Crippen molar-refractivity contribution in [1.29, 1.82) is 0 Å². The smallest absolute Gasteiger partial charge is 0.291 e. The van der Waals surface area contributed by atoms with Crippen LogP contribution in [0, 0.1) is 0 Å². The van der Waals surface area contributed by atoms with Gasteiger partial charge in [0.05, 0.1) is 17.1 Å². The van der Waals surface area contributed by atoms with Gasteiger partial charge >= 0.3 is 0 Å². The van der Waals surface area contributed by atoms with Gasteiger partial charge in [-0.15, -0.1) is 0 Å².